The number of aromatic nitrogens is 1. The standard InChI is InChI=1S/C16H13ClN2O5S/c1-18-12-8-10(17)15(9-14(12)24-16(18)20)25(21,22)19-6-7-23-13-5-3-2-4-11(13)19/h2-5,8-9H,6-7H2,1H3. The number of hydrogen-bond donors (Lipinski definition) is 0. The number of anilines is 1. The molecule has 25 heavy (non-hydrogen) atoms. The first-order valence-electron chi connectivity index (χ1n) is 7.43. The molecule has 2 aromatic carbocycles. The number of halogens is 1. The first-order chi connectivity index (χ1) is 11.9. The van der Waals surface area contributed by atoms with Gasteiger partial charge in [-0.3, -0.25) is 8.87 Å². The summed E-state index contributed by atoms with van der Waals surface area (Å²) in [6.45, 7) is 0.392. The van der Waals surface area contributed by atoms with Gasteiger partial charge in [0, 0.05) is 13.1 Å². The predicted octanol–water partition coefficient (Wildman–Crippen LogP) is 2.37. The number of hydrogen-bond acceptors (Lipinski definition) is 5. The van der Waals surface area contributed by atoms with Crippen molar-refractivity contribution in [3.8, 4) is 5.75 Å². The average Bonchev–Trinajstić information content (AvgIpc) is 2.88. The molecule has 0 fully saturated rings. The molecule has 0 aliphatic carbocycles. The van der Waals surface area contributed by atoms with E-state index in [1.807, 2.05) is 0 Å². The Labute approximate surface area is 148 Å². The van der Waals surface area contributed by atoms with Crippen molar-refractivity contribution in [3.05, 3.63) is 52.0 Å². The molecule has 0 saturated carbocycles. The van der Waals surface area contributed by atoms with Crippen molar-refractivity contribution in [1.29, 1.82) is 0 Å². The van der Waals surface area contributed by atoms with Crippen LogP contribution >= 0.6 is 11.6 Å². The van der Waals surface area contributed by atoms with Gasteiger partial charge in [0.25, 0.3) is 10.0 Å². The molecule has 3 aromatic rings. The third kappa shape index (κ3) is 2.40. The quantitative estimate of drug-likeness (QED) is 0.681. The van der Waals surface area contributed by atoms with E-state index in [-0.39, 0.29) is 28.7 Å². The minimum Gasteiger partial charge on any atom is -0.489 e. The Hall–Kier alpha value is -2.45. The van der Waals surface area contributed by atoms with Gasteiger partial charge < -0.3 is 9.15 Å². The Morgan fingerprint density at radius 3 is 2.76 bits per heavy atom. The summed E-state index contributed by atoms with van der Waals surface area (Å²) in [5, 5.41) is 0.0212. The van der Waals surface area contributed by atoms with Crippen LogP contribution < -0.4 is 14.8 Å². The smallest absolute Gasteiger partial charge is 0.419 e. The molecule has 1 aliphatic rings. The number of ether oxygens (including phenoxy) is 1. The zero-order valence-electron chi connectivity index (χ0n) is 13.1. The Morgan fingerprint density at radius 1 is 1.20 bits per heavy atom. The third-order valence-corrected chi connectivity index (χ3v) is 6.38. The number of benzene rings is 2. The van der Waals surface area contributed by atoms with E-state index in [1.165, 1.54) is 28.1 Å². The number of oxazole rings is 1. The molecule has 4 rings (SSSR count). The molecule has 0 N–H and O–H groups in total. The number of nitrogens with zero attached hydrogens (tertiary/aromatic N) is 2. The Bertz CT molecular complexity index is 1150. The molecule has 0 radical (unpaired) electrons. The van der Waals surface area contributed by atoms with Crippen LogP contribution in [0.4, 0.5) is 5.69 Å². The van der Waals surface area contributed by atoms with Crippen molar-refractivity contribution >= 4 is 38.4 Å². The topological polar surface area (TPSA) is 81.8 Å². The maximum Gasteiger partial charge on any atom is 0.419 e. The second-order valence-electron chi connectivity index (χ2n) is 5.57. The molecule has 0 spiro atoms. The highest BCUT2D eigenvalue weighted by Crippen LogP contribution is 2.37. The second kappa shape index (κ2) is 5.53. The van der Waals surface area contributed by atoms with Crippen LogP contribution in [0, 0.1) is 0 Å². The lowest BCUT2D eigenvalue weighted by Gasteiger charge is -2.30. The van der Waals surface area contributed by atoms with Gasteiger partial charge in [0.05, 0.1) is 22.8 Å². The normalized spacial score (nSPS) is 14.4. The van der Waals surface area contributed by atoms with Gasteiger partial charge in [-0.15, -0.1) is 0 Å². The first kappa shape index (κ1) is 16.0. The molecule has 7 nitrogen and oxygen atoms in total. The molecule has 0 unspecified atom stereocenters. The van der Waals surface area contributed by atoms with Crippen LogP contribution in [0.25, 0.3) is 11.1 Å². The molecule has 130 valence electrons. The highest BCUT2D eigenvalue weighted by atomic mass is 35.5. The fourth-order valence-corrected chi connectivity index (χ4v) is 4.81. The summed E-state index contributed by atoms with van der Waals surface area (Å²) in [5.74, 6) is -0.0990. The van der Waals surface area contributed by atoms with Gasteiger partial charge in [-0.05, 0) is 18.2 Å². The molecule has 0 atom stereocenters. The van der Waals surface area contributed by atoms with Crippen LogP contribution in [0.1, 0.15) is 0 Å². The van der Waals surface area contributed by atoms with Gasteiger partial charge in [-0.1, -0.05) is 23.7 Å². The van der Waals surface area contributed by atoms with Crippen LogP contribution in [0.5, 0.6) is 5.75 Å². The van der Waals surface area contributed by atoms with Crippen LogP contribution in [0.3, 0.4) is 0 Å². The minimum absolute atomic E-state index is 0.0212. The maximum absolute atomic E-state index is 13.2. The predicted molar refractivity (Wildman–Crippen MR) is 92.9 cm³/mol. The van der Waals surface area contributed by atoms with E-state index in [1.54, 1.807) is 24.3 Å². The second-order valence-corrected chi connectivity index (χ2v) is 7.81. The van der Waals surface area contributed by atoms with E-state index in [9.17, 15) is 13.2 Å². The van der Waals surface area contributed by atoms with Crippen LogP contribution in [0.15, 0.2) is 50.5 Å². The molecule has 9 heteroatoms. The van der Waals surface area contributed by atoms with Crippen molar-refractivity contribution in [2.24, 2.45) is 7.05 Å². The minimum atomic E-state index is -3.95. The van der Waals surface area contributed by atoms with Crippen molar-refractivity contribution in [2.45, 2.75) is 4.90 Å². The van der Waals surface area contributed by atoms with Crippen LogP contribution in [-0.2, 0) is 17.1 Å². The fraction of sp³-hybridized carbons (Fsp3) is 0.188. The molecule has 2 heterocycles. The lowest BCUT2D eigenvalue weighted by atomic mass is 10.2. The maximum atomic E-state index is 13.2. The van der Waals surface area contributed by atoms with Crippen molar-refractivity contribution in [2.75, 3.05) is 17.5 Å². The summed E-state index contributed by atoms with van der Waals surface area (Å²) in [6.07, 6.45) is 0. The van der Waals surface area contributed by atoms with Crippen molar-refractivity contribution < 1.29 is 17.6 Å². The lowest BCUT2D eigenvalue weighted by Crippen LogP contribution is -2.38. The fourth-order valence-electron chi connectivity index (χ4n) is 2.84. The average molecular weight is 381 g/mol. The molecule has 0 amide bonds. The van der Waals surface area contributed by atoms with E-state index in [2.05, 4.69) is 0 Å². The van der Waals surface area contributed by atoms with Gasteiger partial charge in [0.2, 0.25) is 0 Å². The summed E-state index contributed by atoms with van der Waals surface area (Å²) in [7, 11) is -2.43. The Balaban J connectivity index is 1.91. The van der Waals surface area contributed by atoms with Gasteiger partial charge in [-0.2, -0.15) is 0 Å². The Kier molecular flexibility index (Phi) is 3.55. The zero-order valence-corrected chi connectivity index (χ0v) is 14.7. The molecule has 0 bridgehead atoms. The monoisotopic (exact) mass is 380 g/mol. The summed E-state index contributed by atoms with van der Waals surface area (Å²) in [4.78, 5) is 11.5. The van der Waals surface area contributed by atoms with E-state index in [4.69, 9.17) is 20.8 Å². The summed E-state index contributed by atoms with van der Waals surface area (Å²) < 4.78 is 39.4. The van der Waals surface area contributed by atoms with Gasteiger partial charge in [0.1, 0.15) is 17.3 Å². The highest BCUT2D eigenvalue weighted by molar-refractivity contribution is 7.93. The molecule has 1 aliphatic heterocycles. The summed E-state index contributed by atoms with van der Waals surface area (Å²) in [6, 6.07) is 9.58. The number of aryl methyl sites for hydroxylation is 1. The summed E-state index contributed by atoms with van der Waals surface area (Å²) in [5.41, 5.74) is 1.03. The van der Waals surface area contributed by atoms with Crippen molar-refractivity contribution in [3.63, 3.8) is 0 Å². The van der Waals surface area contributed by atoms with Gasteiger partial charge in [-0.25, -0.2) is 13.2 Å². The zero-order chi connectivity index (χ0) is 17.8. The van der Waals surface area contributed by atoms with E-state index in [0.717, 1.165) is 0 Å². The van der Waals surface area contributed by atoms with Crippen molar-refractivity contribution in [1.82, 2.24) is 4.57 Å². The van der Waals surface area contributed by atoms with Gasteiger partial charge >= 0.3 is 5.76 Å². The number of rotatable bonds is 2. The molecular weight excluding hydrogens is 368 g/mol. The molecule has 1 aromatic heterocycles. The Morgan fingerprint density at radius 2 is 1.96 bits per heavy atom. The van der Waals surface area contributed by atoms with E-state index >= 15 is 0 Å². The van der Waals surface area contributed by atoms with Gasteiger partial charge in [0.15, 0.2) is 5.58 Å². The highest BCUT2D eigenvalue weighted by Gasteiger charge is 2.32. The SMILES string of the molecule is Cn1c(=O)oc2cc(S(=O)(=O)N3CCOc4ccccc43)c(Cl)cc21. The van der Waals surface area contributed by atoms with E-state index < -0.39 is 15.8 Å². The van der Waals surface area contributed by atoms with Crippen LogP contribution in [-0.4, -0.2) is 26.1 Å². The first-order valence-corrected chi connectivity index (χ1v) is 9.25. The van der Waals surface area contributed by atoms with E-state index in [0.29, 0.717) is 17.0 Å². The number of fused-ring (bicyclic) bond motifs is 2. The molecule has 0 saturated heterocycles. The lowest BCUT2D eigenvalue weighted by molar-refractivity contribution is 0.316. The number of sulfonamides is 1. The largest absolute Gasteiger partial charge is 0.489 e. The van der Waals surface area contributed by atoms with Crippen LogP contribution in [0.2, 0.25) is 5.02 Å². The molecular formula is C16H13ClN2O5S. The third-order valence-electron chi connectivity index (χ3n) is 4.10. The summed E-state index contributed by atoms with van der Waals surface area (Å²) >= 11 is 6.22. The number of para-hydroxylation sites is 2.